The number of amides is 1. The first kappa shape index (κ1) is 21.0. The predicted octanol–water partition coefficient (Wildman–Crippen LogP) is 5.37. The molecular weight excluding hydrogens is 362 g/mol. The van der Waals surface area contributed by atoms with E-state index in [1.54, 1.807) is 0 Å². The number of esters is 1. The Kier molecular flexibility index (Phi) is 7.02. The van der Waals surface area contributed by atoms with Crippen LogP contribution in [0, 0.1) is 5.41 Å². The zero-order valence-corrected chi connectivity index (χ0v) is 17.4. The minimum Gasteiger partial charge on any atom is -0.494 e. The second kappa shape index (κ2) is 9.04. The summed E-state index contributed by atoms with van der Waals surface area (Å²) >= 11 is 1.32. The van der Waals surface area contributed by atoms with E-state index >= 15 is 0 Å². The van der Waals surface area contributed by atoms with Crippen LogP contribution >= 0.6 is 11.3 Å². The Morgan fingerprint density at radius 2 is 1.81 bits per heavy atom. The molecule has 0 saturated carbocycles. The second-order valence-electron chi connectivity index (χ2n) is 7.50. The van der Waals surface area contributed by atoms with Gasteiger partial charge in [-0.25, -0.2) is 4.79 Å². The Morgan fingerprint density at radius 1 is 1.15 bits per heavy atom. The summed E-state index contributed by atoms with van der Waals surface area (Å²) in [5.74, 6) is 0.196. The summed E-state index contributed by atoms with van der Waals surface area (Å²) < 4.78 is 10.6. The lowest BCUT2D eigenvalue weighted by Gasteiger charge is -2.17. The van der Waals surface area contributed by atoms with Gasteiger partial charge in [-0.3, -0.25) is 4.79 Å². The van der Waals surface area contributed by atoms with Gasteiger partial charge < -0.3 is 14.8 Å². The average molecular weight is 390 g/mol. The fraction of sp³-hybridized carbons (Fsp3) is 0.429. The third kappa shape index (κ3) is 5.82. The van der Waals surface area contributed by atoms with Crippen LogP contribution in [-0.4, -0.2) is 25.6 Å². The maximum absolute atomic E-state index is 12.4. The van der Waals surface area contributed by atoms with E-state index in [4.69, 9.17) is 9.47 Å². The maximum atomic E-state index is 12.4. The van der Waals surface area contributed by atoms with E-state index in [0.717, 1.165) is 23.3 Å². The molecular formula is C21H27NO4S. The Balaban J connectivity index is 2.30. The monoisotopic (exact) mass is 389 g/mol. The normalized spacial score (nSPS) is 11.1. The first-order valence-electron chi connectivity index (χ1n) is 8.98. The van der Waals surface area contributed by atoms with Crippen LogP contribution in [0.1, 0.15) is 50.9 Å². The van der Waals surface area contributed by atoms with Gasteiger partial charge in [0.25, 0.3) is 0 Å². The number of anilines is 1. The van der Waals surface area contributed by atoms with Gasteiger partial charge in [-0.1, -0.05) is 39.8 Å². The lowest BCUT2D eigenvalue weighted by molar-refractivity contribution is -0.117. The smallest absolute Gasteiger partial charge is 0.341 e. The molecule has 0 aliphatic carbocycles. The fourth-order valence-electron chi connectivity index (χ4n) is 2.57. The second-order valence-corrected chi connectivity index (χ2v) is 8.38. The van der Waals surface area contributed by atoms with E-state index in [9.17, 15) is 9.59 Å². The van der Waals surface area contributed by atoms with Gasteiger partial charge in [0, 0.05) is 17.4 Å². The van der Waals surface area contributed by atoms with Gasteiger partial charge in [0.2, 0.25) is 5.91 Å². The molecule has 0 unspecified atom stereocenters. The van der Waals surface area contributed by atoms with Crippen molar-refractivity contribution in [3.63, 3.8) is 0 Å². The van der Waals surface area contributed by atoms with E-state index in [0.29, 0.717) is 23.6 Å². The van der Waals surface area contributed by atoms with E-state index in [2.05, 4.69) is 12.2 Å². The van der Waals surface area contributed by atoms with Crippen LogP contribution in [0.5, 0.6) is 5.75 Å². The topological polar surface area (TPSA) is 64.6 Å². The van der Waals surface area contributed by atoms with Crippen LogP contribution in [0.15, 0.2) is 29.6 Å². The summed E-state index contributed by atoms with van der Waals surface area (Å²) in [4.78, 5) is 24.7. The van der Waals surface area contributed by atoms with Crippen LogP contribution < -0.4 is 10.1 Å². The molecule has 0 aliphatic heterocycles. The Labute approximate surface area is 164 Å². The average Bonchev–Trinajstić information content (AvgIpc) is 3.01. The molecule has 0 saturated heterocycles. The summed E-state index contributed by atoms with van der Waals surface area (Å²) in [6, 6.07) is 7.56. The molecule has 0 radical (unpaired) electrons. The van der Waals surface area contributed by atoms with Crippen molar-refractivity contribution in [3.8, 4) is 16.9 Å². The van der Waals surface area contributed by atoms with Gasteiger partial charge in [-0.2, -0.15) is 0 Å². The fourth-order valence-corrected chi connectivity index (χ4v) is 3.54. The lowest BCUT2D eigenvalue weighted by Crippen LogP contribution is -2.20. The summed E-state index contributed by atoms with van der Waals surface area (Å²) in [7, 11) is 1.34. The highest BCUT2D eigenvalue weighted by atomic mass is 32.1. The van der Waals surface area contributed by atoms with E-state index in [1.165, 1.54) is 18.4 Å². The summed E-state index contributed by atoms with van der Waals surface area (Å²) in [5.41, 5.74) is 1.85. The number of methoxy groups -OCH3 is 1. The molecule has 6 heteroatoms. The largest absolute Gasteiger partial charge is 0.494 e. The molecule has 146 valence electrons. The summed E-state index contributed by atoms with van der Waals surface area (Å²) in [5, 5.41) is 5.24. The molecule has 0 aliphatic rings. The quantitative estimate of drug-likeness (QED) is 0.647. The van der Waals surface area contributed by atoms with Gasteiger partial charge in [0.1, 0.15) is 16.3 Å². The summed E-state index contributed by atoms with van der Waals surface area (Å²) in [6.45, 7) is 8.70. The highest BCUT2D eigenvalue weighted by Gasteiger charge is 2.24. The van der Waals surface area contributed by atoms with Crippen molar-refractivity contribution >= 4 is 28.2 Å². The van der Waals surface area contributed by atoms with E-state index in [-0.39, 0.29) is 11.3 Å². The molecule has 0 spiro atoms. The number of rotatable bonds is 7. The van der Waals surface area contributed by atoms with Crippen LogP contribution in [0.2, 0.25) is 0 Å². The standard InChI is InChI=1S/C21H27NO4S/c1-6-11-26-15-9-7-14(8-10-15)16-13-27-19(18(16)20(24)25-5)22-17(23)12-21(2,3)4/h7-10,13H,6,11-12H2,1-5H3,(H,22,23). The van der Waals surface area contributed by atoms with Gasteiger partial charge in [-0.05, 0) is 29.5 Å². The van der Waals surface area contributed by atoms with Gasteiger partial charge >= 0.3 is 5.97 Å². The minimum absolute atomic E-state index is 0.121. The van der Waals surface area contributed by atoms with Gasteiger partial charge in [0.15, 0.2) is 0 Å². The molecule has 1 aromatic heterocycles. The third-order valence-electron chi connectivity index (χ3n) is 3.76. The van der Waals surface area contributed by atoms with Crippen molar-refractivity contribution in [2.75, 3.05) is 19.0 Å². The van der Waals surface area contributed by atoms with Crippen molar-refractivity contribution < 1.29 is 19.1 Å². The molecule has 2 aromatic rings. The first-order chi connectivity index (χ1) is 12.7. The minimum atomic E-state index is -0.469. The number of carbonyl (C=O) groups excluding carboxylic acids is 2. The van der Waals surface area contributed by atoms with Crippen molar-refractivity contribution in [3.05, 3.63) is 35.2 Å². The molecule has 1 amide bonds. The number of nitrogens with one attached hydrogen (secondary N) is 1. The molecule has 2 rings (SSSR count). The molecule has 27 heavy (non-hydrogen) atoms. The Morgan fingerprint density at radius 3 is 2.37 bits per heavy atom. The van der Waals surface area contributed by atoms with Crippen molar-refractivity contribution in [2.24, 2.45) is 5.41 Å². The molecule has 1 heterocycles. The SMILES string of the molecule is CCCOc1ccc(-c2csc(NC(=O)CC(C)(C)C)c2C(=O)OC)cc1. The number of ether oxygens (including phenoxy) is 2. The van der Waals surface area contributed by atoms with E-state index < -0.39 is 5.97 Å². The van der Waals surface area contributed by atoms with Crippen molar-refractivity contribution in [1.82, 2.24) is 0 Å². The predicted molar refractivity (Wildman–Crippen MR) is 110 cm³/mol. The highest BCUT2D eigenvalue weighted by Crippen LogP contribution is 2.37. The molecule has 5 nitrogen and oxygen atoms in total. The molecule has 0 bridgehead atoms. The summed E-state index contributed by atoms with van der Waals surface area (Å²) in [6.07, 6.45) is 1.31. The van der Waals surface area contributed by atoms with Gasteiger partial charge in [-0.15, -0.1) is 11.3 Å². The highest BCUT2D eigenvalue weighted by molar-refractivity contribution is 7.15. The van der Waals surface area contributed by atoms with Crippen molar-refractivity contribution in [2.45, 2.75) is 40.5 Å². The maximum Gasteiger partial charge on any atom is 0.341 e. The van der Waals surface area contributed by atoms with Crippen LogP contribution in [0.4, 0.5) is 5.00 Å². The number of hydrogen-bond acceptors (Lipinski definition) is 5. The Bertz CT molecular complexity index is 788. The van der Waals surface area contributed by atoms with Crippen LogP contribution in [0.3, 0.4) is 0 Å². The number of carbonyl (C=O) groups is 2. The number of thiophene rings is 1. The molecule has 0 atom stereocenters. The van der Waals surface area contributed by atoms with E-state index in [1.807, 2.05) is 50.4 Å². The van der Waals surface area contributed by atoms with Gasteiger partial charge in [0.05, 0.1) is 13.7 Å². The lowest BCUT2D eigenvalue weighted by atomic mass is 9.92. The number of benzene rings is 1. The van der Waals surface area contributed by atoms with Crippen LogP contribution in [-0.2, 0) is 9.53 Å². The number of hydrogen-bond donors (Lipinski definition) is 1. The first-order valence-corrected chi connectivity index (χ1v) is 9.86. The molecule has 0 fully saturated rings. The zero-order valence-electron chi connectivity index (χ0n) is 16.5. The molecule has 1 N–H and O–H groups in total. The van der Waals surface area contributed by atoms with Crippen molar-refractivity contribution in [1.29, 1.82) is 0 Å². The Hall–Kier alpha value is -2.34. The van der Waals surface area contributed by atoms with Crippen LogP contribution in [0.25, 0.3) is 11.1 Å². The molecule has 1 aromatic carbocycles. The zero-order chi connectivity index (χ0) is 20.0. The third-order valence-corrected chi connectivity index (χ3v) is 4.66.